The normalized spacial score (nSPS) is 19.9. The van der Waals surface area contributed by atoms with E-state index in [-0.39, 0.29) is 0 Å². The van der Waals surface area contributed by atoms with Gasteiger partial charge in [-0.15, -0.1) is 0 Å². The maximum absolute atomic E-state index is 5.77. The number of rotatable bonds is 1. The minimum atomic E-state index is 0.324. The van der Waals surface area contributed by atoms with Gasteiger partial charge in [0.15, 0.2) is 11.5 Å². The summed E-state index contributed by atoms with van der Waals surface area (Å²) in [6, 6.07) is 15.1. The van der Waals surface area contributed by atoms with Gasteiger partial charge < -0.3 is 14.8 Å². The Balaban J connectivity index is 1.63. The van der Waals surface area contributed by atoms with Crippen molar-refractivity contribution in [2.45, 2.75) is 18.9 Å². The molecule has 20 heavy (non-hydrogen) atoms. The van der Waals surface area contributed by atoms with Crippen LogP contribution in [0.5, 0.6) is 11.5 Å². The van der Waals surface area contributed by atoms with Gasteiger partial charge in [-0.2, -0.15) is 0 Å². The zero-order chi connectivity index (χ0) is 13.4. The lowest BCUT2D eigenvalue weighted by Crippen LogP contribution is -2.06. The van der Waals surface area contributed by atoms with Crippen LogP contribution in [-0.4, -0.2) is 13.2 Å². The molecule has 0 bridgehead atoms. The molecular weight excluding hydrogens is 250 g/mol. The lowest BCUT2D eigenvalue weighted by Gasteiger charge is -2.14. The second-order valence-electron chi connectivity index (χ2n) is 5.31. The third-order valence-electron chi connectivity index (χ3n) is 3.95. The molecule has 1 unspecified atom stereocenters. The second kappa shape index (κ2) is 4.75. The summed E-state index contributed by atoms with van der Waals surface area (Å²) in [5, 5.41) is 3.58. The van der Waals surface area contributed by atoms with Crippen molar-refractivity contribution >= 4 is 5.69 Å². The molecule has 1 atom stereocenters. The van der Waals surface area contributed by atoms with Gasteiger partial charge in [-0.3, -0.25) is 0 Å². The maximum atomic E-state index is 5.77. The Bertz CT molecular complexity index is 614. The molecule has 2 aliphatic rings. The topological polar surface area (TPSA) is 30.5 Å². The van der Waals surface area contributed by atoms with Gasteiger partial charge in [0.25, 0.3) is 0 Å². The monoisotopic (exact) mass is 267 g/mol. The Morgan fingerprint density at radius 3 is 2.70 bits per heavy atom. The molecule has 0 saturated carbocycles. The standard InChI is InChI=1S/C17H17NO2/c1-2-5-14-12(4-1)10-15(18-14)13-6-7-16-17(11-13)20-9-3-8-19-16/h1-2,4-7,11,15,18H,3,8-10H2. The third-order valence-corrected chi connectivity index (χ3v) is 3.95. The summed E-state index contributed by atoms with van der Waals surface area (Å²) in [5.74, 6) is 1.74. The SMILES string of the molecule is c1ccc2c(c1)CC(c1ccc3c(c1)OCCCO3)N2. The zero-order valence-electron chi connectivity index (χ0n) is 11.3. The molecule has 0 spiro atoms. The van der Waals surface area contributed by atoms with Crippen LogP contribution >= 0.6 is 0 Å². The van der Waals surface area contributed by atoms with E-state index in [0.29, 0.717) is 6.04 Å². The van der Waals surface area contributed by atoms with E-state index in [0.717, 1.165) is 37.6 Å². The van der Waals surface area contributed by atoms with E-state index in [4.69, 9.17) is 9.47 Å². The highest BCUT2D eigenvalue weighted by Crippen LogP contribution is 2.38. The van der Waals surface area contributed by atoms with E-state index in [1.54, 1.807) is 0 Å². The van der Waals surface area contributed by atoms with E-state index < -0.39 is 0 Å². The van der Waals surface area contributed by atoms with Crippen LogP contribution in [-0.2, 0) is 6.42 Å². The molecule has 2 aliphatic heterocycles. The second-order valence-corrected chi connectivity index (χ2v) is 5.31. The summed E-state index contributed by atoms with van der Waals surface area (Å²) in [6.07, 6.45) is 1.97. The number of hydrogen-bond donors (Lipinski definition) is 1. The summed E-state index contributed by atoms with van der Waals surface area (Å²) in [4.78, 5) is 0. The number of anilines is 1. The fraction of sp³-hybridized carbons (Fsp3) is 0.294. The van der Waals surface area contributed by atoms with Crippen LogP contribution in [0.1, 0.15) is 23.6 Å². The summed E-state index contributed by atoms with van der Waals surface area (Å²) in [6.45, 7) is 1.47. The lowest BCUT2D eigenvalue weighted by atomic mass is 10.0. The summed E-state index contributed by atoms with van der Waals surface area (Å²) in [5.41, 5.74) is 3.87. The average molecular weight is 267 g/mol. The number of fused-ring (bicyclic) bond motifs is 2. The highest BCUT2D eigenvalue weighted by Gasteiger charge is 2.23. The quantitative estimate of drug-likeness (QED) is 0.857. The Labute approximate surface area is 118 Å². The van der Waals surface area contributed by atoms with Crippen LogP contribution in [0.3, 0.4) is 0 Å². The van der Waals surface area contributed by atoms with Crippen LogP contribution < -0.4 is 14.8 Å². The van der Waals surface area contributed by atoms with E-state index in [1.807, 2.05) is 6.07 Å². The largest absolute Gasteiger partial charge is 0.490 e. The molecule has 102 valence electrons. The molecule has 0 aromatic heterocycles. The molecule has 3 heteroatoms. The van der Waals surface area contributed by atoms with E-state index >= 15 is 0 Å². The number of nitrogens with one attached hydrogen (secondary N) is 1. The summed E-state index contributed by atoms with van der Waals surface area (Å²) in [7, 11) is 0. The van der Waals surface area contributed by atoms with Gasteiger partial charge in [0.2, 0.25) is 0 Å². The molecule has 0 radical (unpaired) electrons. The van der Waals surface area contributed by atoms with Crippen molar-refractivity contribution in [1.82, 2.24) is 0 Å². The Hall–Kier alpha value is -2.16. The van der Waals surface area contributed by atoms with Crippen molar-refractivity contribution < 1.29 is 9.47 Å². The zero-order valence-corrected chi connectivity index (χ0v) is 11.3. The van der Waals surface area contributed by atoms with E-state index in [2.05, 4.69) is 41.7 Å². The molecule has 4 rings (SSSR count). The number of benzene rings is 2. The van der Waals surface area contributed by atoms with E-state index in [9.17, 15) is 0 Å². The number of ether oxygens (including phenoxy) is 2. The third kappa shape index (κ3) is 1.99. The highest BCUT2D eigenvalue weighted by atomic mass is 16.5. The van der Waals surface area contributed by atoms with Crippen molar-refractivity contribution in [3.63, 3.8) is 0 Å². The Morgan fingerprint density at radius 1 is 0.950 bits per heavy atom. The Kier molecular flexibility index (Phi) is 2.76. The summed E-state index contributed by atoms with van der Waals surface area (Å²) < 4.78 is 11.5. The fourth-order valence-corrected chi connectivity index (χ4v) is 2.90. The molecule has 1 N–H and O–H groups in total. The molecule has 2 aromatic carbocycles. The fourth-order valence-electron chi connectivity index (χ4n) is 2.90. The average Bonchev–Trinajstić information content (AvgIpc) is 2.78. The number of para-hydroxylation sites is 1. The predicted octanol–water partition coefficient (Wildman–Crippen LogP) is 3.56. The van der Waals surface area contributed by atoms with Crippen LogP contribution in [0, 0.1) is 0 Å². The van der Waals surface area contributed by atoms with Gasteiger partial charge in [0, 0.05) is 12.1 Å². The molecule has 0 fully saturated rings. The molecule has 0 aliphatic carbocycles. The van der Waals surface area contributed by atoms with Gasteiger partial charge in [0.1, 0.15) is 0 Å². The molecule has 2 aromatic rings. The first-order valence-corrected chi connectivity index (χ1v) is 7.14. The van der Waals surface area contributed by atoms with Gasteiger partial charge >= 0.3 is 0 Å². The van der Waals surface area contributed by atoms with Crippen molar-refractivity contribution in [2.75, 3.05) is 18.5 Å². The first-order valence-electron chi connectivity index (χ1n) is 7.14. The predicted molar refractivity (Wildman–Crippen MR) is 78.6 cm³/mol. The van der Waals surface area contributed by atoms with Crippen LogP contribution in [0.2, 0.25) is 0 Å². The van der Waals surface area contributed by atoms with Gasteiger partial charge in [-0.05, 0) is 35.7 Å². The first-order chi connectivity index (χ1) is 9.90. The van der Waals surface area contributed by atoms with Crippen LogP contribution in [0.15, 0.2) is 42.5 Å². The lowest BCUT2D eigenvalue weighted by molar-refractivity contribution is 0.297. The van der Waals surface area contributed by atoms with Gasteiger partial charge in [-0.1, -0.05) is 24.3 Å². The van der Waals surface area contributed by atoms with Gasteiger partial charge in [0.05, 0.1) is 19.3 Å². The van der Waals surface area contributed by atoms with E-state index in [1.165, 1.54) is 16.8 Å². The first kappa shape index (κ1) is 11.6. The minimum absolute atomic E-state index is 0.324. The molecule has 0 saturated heterocycles. The maximum Gasteiger partial charge on any atom is 0.161 e. The molecule has 2 heterocycles. The van der Waals surface area contributed by atoms with Crippen molar-refractivity contribution in [3.8, 4) is 11.5 Å². The van der Waals surface area contributed by atoms with Crippen molar-refractivity contribution in [1.29, 1.82) is 0 Å². The molecule has 3 nitrogen and oxygen atoms in total. The minimum Gasteiger partial charge on any atom is -0.490 e. The summed E-state index contributed by atoms with van der Waals surface area (Å²) >= 11 is 0. The van der Waals surface area contributed by atoms with Crippen molar-refractivity contribution in [3.05, 3.63) is 53.6 Å². The van der Waals surface area contributed by atoms with Crippen LogP contribution in [0.25, 0.3) is 0 Å². The molecule has 0 amide bonds. The number of hydrogen-bond acceptors (Lipinski definition) is 3. The Morgan fingerprint density at radius 2 is 1.80 bits per heavy atom. The smallest absolute Gasteiger partial charge is 0.161 e. The van der Waals surface area contributed by atoms with Crippen molar-refractivity contribution in [2.24, 2.45) is 0 Å². The highest BCUT2D eigenvalue weighted by molar-refractivity contribution is 5.59. The molecular formula is C17H17NO2. The van der Waals surface area contributed by atoms with Gasteiger partial charge in [-0.25, -0.2) is 0 Å². The van der Waals surface area contributed by atoms with Crippen LogP contribution in [0.4, 0.5) is 5.69 Å².